The van der Waals surface area contributed by atoms with E-state index >= 15 is 0 Å². The molecule has 3 N–H and O–H groups in total. The van der Waals surface area contributed by atoms with E-state index in [0.717, 1.165) is 17.6 Å². The molecule has 0 aromatic heterocycles. The number of phenolic OH excluding ortho intramolecular Hbond substituents is 1. The molecule has 0 aliphatic carbocycles. The summed E-state index contributed by atoms with van der Waals surface area (Å²) in [5, 5.41) is 22.3. The van der Waals surface area contributed by atoms with Crippen LogP contribution in [0.5, 0.6) is 5.75 Å². The lowest BCUT2D eigenvalue weighted by molar-refractivity contribution is -0.117. The molecule has 1 aliphatic heterocycles. The first-order chi connectivity index (χ1) is 14.7. The molecule has 1 heterocycles. The van der Waals surface area contributed by atoms with E-state index in [1.807, 2.05) is 13.0 Å². The molecule has 3 atom stereocenters. The van der Waals surface area contributed by atoms with Crippen LogP contribution in [-0.2, 0) is 16.0 Å². The summed E-state index contributed by atoms with van der Waals surface area (Å²) >= 11 is 0. The van der Waals surface area contributed by atoms with E-state index in [9.17, 15) is 19.8 Å². The summed E-state index contributed by atoms with van der Waals surface area (Å²) in [5.74, 6) is -0.0259. The number of nitrogens with one attached hydrogen (secondary N) is 1. The SMILES string of the molecule is CC[C@@H](C)C[C@@H](C)C=C(C)C=CC=CC(O)=C1C(=O)N[C@H](Cc2ccc(O)cc2)C1=O. The number of hydrogen-bond donors (Lipinski definition) is 3. The Morgan fingerprint density at radius 1 is 1.13 bits per heavy atom. The van der Waals surface area contributed by atoms with Crippen molar-refractivity contribution in [2.75, 3.05) is 0 Å². The normalized spacial score (nSPS) is 21.0. The number of amides is 1. The standard InChI is InChI=1S/C26H33NO4/c1-5-17(2)14-19(4)15-18(3)8-6-7-9-23(29)24-25(30)22(27-26(24)31)16-20-10-12-21(28)13-11-20/h6-13,15,17,19,22,28-29H,5,14,16H2,1-4H3,(H,27,31)/t17-,19-,22-/m1/s1. The maximum atomic E-state index is 12.6. The molecule has 1 aromatic rings. The number of benzene rings is 1. The zero-order chi connectivity index (χ0) is 23.0. The van der Waals surface area contributed by atoms with Crippen LogP contribution in [0.2, 0.25) is 0 Å². The fourth-order valence-corrected chi connectivity index (χ4v) is 3.65. The first-order valence-corrected chi connectivity index (χ1v) is 10.8. The van der Waals surface area contributed by atoms with Gasteiger partial charge in [-0.05, 0) is 49.0 Å². The van der Waals surface area contributed by atoms with Gasteiger partial charge in [0.25, 0.3) is 5.91 Å². The van der Waals surface area contributed by atoms with Crippen LogP contribution < -0.4 is 5.32 Å². The molecule has 31 heavy (non-hydrogen) atoms. The molecule has 5 heteroatoms. The number of aliphatic hydroxyl groups is 1. The Bertz CT molecular complexity index is 906. The van der Waals surface area contributed by atoms with Gasteiger partial charge in [-0.15, -0.1) is 0 Å². The van der Waals surface area contributed by atoms with Crippen LogP contribution in [0.3, 0.4) is 0 Å². The van der Waals surface area contributed by atoms with Crippen LogP contribution >= 0.6 is 0 Å². The van der Waals surface area contributed by atoms with Gasteiger partial charge in [0, 0.05) is 6.42 Å². The Hall–Kier alpha value is -3.08. The minimum atomic E-state index is -0.727. The Morgan fingerprint density at radius 2 is 1.77 bits per heavy atom. The average Bonchev–Trinajstić information content (AvgIpc) is 2.99. The molecule has 166 valence electrons. The van der Waals surface area contributed by atoms with Gasteiger partial charge in [-0.25, -0.2) is 0 Å². The van der Waals surface area contributed by atoms with Gasteiger partial charge in [0.2, 0.25) is 0 Å². The highest BCUT2D eigenvalue weighted by atomic mass is 16.3. The number of carbonyl (C=O) groups is 2. The van der Waals surface area contributed by atoms with Crippen LogP contribution in [0, 0.1) is 11.8 Å². The molecule has 1 fully saturated rings. The molecule has 1 amide bonds. The zero-order valence-electron chi connectivity index (χ0n) is 18.8. The smallest absolute Gasteiger partial charge is 0.259 e. The van der Waals surface area contributed by atoms with Gasteiger partial charge in [0.15, 0.2) is 5.78 Å². The van der Waals surface area contributed by atoms with E-state index in [-0.39, 0.29) is 17.1 Å². The van der Waals surface area contributed by atoms with Gasteiger partial charge in [0.05, 0.1) is 6.04 Å². The molecule has 0 bridgehead atoms. The summed E-state index contributed by atoms with van der Waals surface area (Å²) in [6.07, 6.45) is 11.5. The second kappa shape index (κ2) is 11.3. The van der Waals surface area contributed by atoms with E-state index < -0.39 is 17.7 Å². The second-order valence-electron chi connectivity index (χ2n) is 8.38. The number of aliphatic hydroxyl groups excluding tert-OH is 1. The van der Waals surface area contributed by atoms with Crippen molar-refractivity contribution >= 4 is 11.7 Å². The quantitative estimate of drug-likeness (QED) is 0.227. The van der Waals surface area contributed by atoms with Crippen LogP contribution in [0.4, 0.5) is 0 Å². The van der Waals surface area contributed by atoms with Gasteiger partial charge in [-0.2, -0.15) is 0 Å². The Labute approximate surface area is 184 Å². The number of carbonyl (C=O) groups excluding carboxylic acids is 2. The number of hydrogen-bond acceptors (Lipinski definition) is 4. The molecule has 5 nitrogen and oxygen atoms in total. The highest BCUT2D eigenvalue weighted by Gasteiger charge is 2.37. The molecule has 0 saturated carbocycles. The minimum Gasteiger partial charge on any atom is -0.508 e. The van der Waals surface area contributed by atoms with E-state index in [1.54, 1.807) is 24.3 Å². The molecular weight excluding hydrogens is 390 g/mol. The van der Waals surface area contributed by atoms with Crippen molar-refractivity contribution in [1.29, 1.82) is 0 Å². The van der Waals surface area contributed by atoms with E-state index in [1.165, 1.54) is 24.6 Å². The highest BCUT2D eigenvalue weighted by Crippen LogP contribution is 2.20. The lowest BCUT2D eigenvalue weighted by Gasteiger charge is -2.12. The third-order valence-electron chi connectivity index (χ3n) is 5.47. The van der Waals surface area contributed by atoms with Crippen molar-refractivity contribution in [1.82, 2.24) is 5.32 Å². The van der Waals surface area contributed by atoms with Gasteiger partial charge >= 0.3 is 0 Å². The molecule has 1 aromatic carbocycles. The van der Waals surface area contributed by atoms with Crippen molar-refractivity contribution in [3.63, 3.8) is 0 Å². The first kappa shape index (κ1) is 24.2. The number of phenols is 1. The second-order valence-corrected chi connectivity index (χ2v) is 8.38. The summed E-state index contributed by atoms with van der Waals surface area (Å²) in [5.41, 5.74) is 1.71. The van der Waals surface area contributed by atoms with E-state index in [2.05, 4.69) is 32.2 Å². The van der Waals surface area contributed by atoms with Gasteiger partial charge in [0.1, 0.15) is 17.1 Å². The van der Waals surface area contributed by atoms with Crippen molar-refractivity contribution in [3.05, 3.63) is 77.1 Å². The monoisotopic (exact) mass is 423 g/mol. The molecular formula is C26H33NO4. The van der Waals surface area contributed by atoms with E-state index in [4.69, 9.17) is 0 Å². The average molecular weight is 424 g/mol. The van der Waals surface area contributed by atoms with Crippen LogP contribution in [0.1, 0.15) is 46.1 Å². The highest BCUT2D eigenvalue weighted by molar-refractivity contribution is 6.27. The fraction of sp³-hybridized carbons (Fsp3) is 0.385. The van der Waals surface area contributed by atoms with Crippen LogP contribution in [-0.4, -0.2) is 27.9 Å². The summed E-state index contributed by atoms with van der Waals surface area (Å²) in [4.78, 5) is 24.8. The lowest BCUT2D eigenvalue weighted by atomic mass is 9.94. The Balaban J connectivity index is 2.00. The predicted molar refractivity (Wildman–Crippen MR) is 124 cm³/mol. The van der Waals surface area contributed by atoms with Crippen molar-refractivity contribution in [2.45, 2.75) is 53.0 Å². The van der Waals surface area contributed by atoms with Gasteiger partial charge in [-0.1, -0.05) is 69.2 Å². The maximum absolute atomic E-state index is 12.6. The predicted octanol–water partition coefficient (Wildman–Crippen LogP) is 4.95. The van der Waals surface area contributed by atoms with Crippen LogP contribution in [0.15, 0.2) is 71.6 Å². The maximum Gasteiger partial charge on any atom is 0.259 e. The summed E-state index contributed by atoms with van der Waals surface area (Å²) in [6.45, 7) is 8.68. The summed E-state index contributed by atoms with van der Waals surface area (Å²) < 4.78 is 0. The largest absolute Gasteiger partial charge is 0.508 e. The minimum absolute atomic E-state index is 0.136. The topological polar surface area (TPSA) is 86.6 Å². The fourth-order valence-electron chi connectivity index (χ4n) is 3.65. The summed E-state index contributed by atoms with van der Waals surface area (Å²) in [7, 11) is 0. The summed E-state index contributed by atoms with van der Waals surface area (Å²) in [6, 6.07) is 5.72. The van der Waals surface area contributed by atoms with Crippen molar-refractivity contribution in [3.8, 4) is 5.75 Å². The van der Waals surface area contributed by atoms with Crippen molar-refractivity contribution < 1.29 is 19.8 Å². The number of Topliss-reactive ketones (excluding diaryl/α,β-unsaturated/α-hetero) is 1. The molecule has 1 aliphatic rings. The first-order valence-electron chi connectivity index (χ1n) is 10.8. The zero-order valence-corrected chi connectivity index (χ0v) is 18.8. The molecule has 0 radical (unpaired) electrons. The molecule has 2 rings (SSSR count). The number of aromatic hydroxyl groups is 1. The van der Waals surface area contributed by atoms with Gasteiger partial charge < -0.3 is 15.5 Å². The Morgan fingerprint density at radius 3 is 2.42 bits per heavy atom. The molecule has 0 spiro atoms. The number of ketones is 1. The van der Waals surface area contributed by atoms with Gasteiger partial charge in [-0.3, -0.25) is 9.59 Å². The van der Waals surface area contributed by atoms with E-state index in [0.29, 0.717) is 18.3 Å². The van der Waals surface area contributed by atoms with Crippen molar-refractivity contribution in [2.24, 2.45) is 11.8 Å². The molecule has 0 unspecified atom stereocenters. The molecule has 1 saturated heterocycles. The number of rotatable bonds is 9. The third kappa shape index (κ3) is 7.28. The Kier molecular flexibility index (Phi) is 8.86. The lowest BCUT2D eigenvalue weighted by Crippen LogP contribution is -2.31. The third-order valence-corrected chi connectivity index (χ3v) is 5.47. The van der Waals surface area contributed by atoms with Crippen LogP contribution in [0.25, 0.3) is 0 Å². The number of allylic oxidation sites excluding steroid dienone is 6.